The molecular weight excluding hydrogens is 625 g/mol. The number of fused-ring (bicyclic) bond motifs is 3. The second-order valence-corrected chi connectivity index (χ2v) is 16.0. The van der Waals surface area contributed by atoms with Crippen molar-refractivity contribution in [2.45, 2.75) is 131 Å². The summed E-state index contributed by atoms with van der Waals surface area (Å²) in [5, 5.41) is 21.1. The third kappa shape index (κ3) is 4.44. The molecule has 1 aliphatic heterocycles. The first kappa shape index (κ1) is 35.0. The minimum Gasteiger partial charge on any atom is -0.257 e. The first-order valence-corrected chi connectivity index (χ1v) is 18.6. The molecule has 2 atom stereocenters. The third-order valence-corrected chi connectivity index (χ3v) is 13.7. The molecule has 2 aromatic heterocycles. The van der Waals surface area contributed by atoms with Gasteiger partial charge in [-0.2, -0.15) is 15.3 Å². The van der Waals surface area contributed by atoms with Crippen LogP contribution in [0.15, 0.2) is 27.4 Å². The zero-order valence-corrected chi connectivity index (χ0v) is 34.3. The molecule has 7 rings (SSSR count). The van der Waals surface area contributed by atoms with Gasteiger partial charge in [0.15, 0.2) is 0 Å². The molecule has 6 nitrogen and oxygen atoms in total. The van der Waals surface area contributed by atoms with Gasteiger partial charge in [-0.1, -0.05) is 5.57 Å². The number of rotatable bonds is 3. The smallest absolute Gasteiger partial charge is 0.0857 e. The molecule has 0 N–H and O–H groups in total. The molecule has 0 spiro atoms. The largest absolute Gasteiger partial charge is 0.257 e. The summed E-state index contributed by atoms with van der Waals surface area (Å²) in [6, 6.07) is 0.115. The standard InChI is InChI=1S/C45H56N6/c1-19-22(4)28(10)43-37(25(19)7)34(16)46-49(43)40-31(13)41(50-44-29(11)23(5)20(2)26(8)38(44)35(17)47-50)33(15)42(32(40)14)51-45-30(12)24(6)21(3)27(9)39(45)36(18)48-51/h37,43H,1-18H3. The topological polar surface area (TPSA) is 51.2 Å². The highest BCUT2D eigenvalue weighted by Gasteiger charge is 2.43. The van der Waals surface area contributed by atoms with Gasteiger partial charge < -0.3 is 0 Å². The average Bonchev–Trinajstić information content (AvgIpc) is 3.72. The van der Waals surface area contributed by atoms with Gasteiger partial charge in [-0.15, -0.1) is 0 Å². The van der Waals surface area contributed by atoms with Crippen LogP contribution < -0.4 is 5.01 Å². The molecular formula is C45H56N6. The van der Waals surface area contributed by atoms with Crippen LogP contribution in [0, 0.1) is 95.9 Å². The predicted molar refractivity (Wildman–Crippen MR) is 217 cm³/mol. The van der Waals surface area contributed by atoms with Crippen molar-refractivity contribution in [1.82, 2.24) is 19.6 Å². The number of hydrazone groups is 1. The molecule has 2 unspecified atom stereocenters. The van der Waals surface area contributed by atoms with Gasteiger partial charge in [-0.05, 0) is 186 Å². The lowest BCUT2D eigenvalue weighted by atomic mass is 9.75. The molecule has 51 heavy (non-hydrogen) atoms. The summed E-state index contributed by atoms with van der Waals surface area (Å²) in [5.74, 6) is 0.243. The first-order valence-electron chi connectivity index (χ1n) is 18.6. The first-order chi connectivity index (χ1) is 23.8. The van der Waals surface area contributed by atoms with Crippen LogP contribution in [0.3, 0.4) is 0 Å². The molecule has 0 radical (unpaired) electrons. The van der Waals surface area contributed by atoms with Gasteiger partial charge in [-0.3, -0.25) is 5.01 Å². The fourth-order valence-corrected chi connectivity index (χ4v) is 9.87. The highest BCUT2D eigenvalue weighted by Crippen LogP contribution is 2.48. The Labute approximate surface area is 304 Å². The van der Waals surface area contributed by atoms with Crippen molar-refractivity contribution in [3.63, 3.8) is 0 Å². The van der Waals surface area contributed by atoms with E-state index in [2.05, 4.69) is 139 Å². The van der Waals surface area contributed by atoms with Crippen molar-refractivity contribution < 1.29 is 0 Å². The Balaban J connectivity index is 1.67. The Morgan fingerprint density at radius 2 is 0.765 bits per heavy atom. The van der Waals surface area contributed by atoms with E-state index in [0.717, 1.165) is 28.5 Å². The maximum absolute atomic E-state index is 5.47. The van der Waals surface area contributed by atoms with Gasteiger partial charge in [0.05, 0.1) is 45.5 Å². The number of allylic oxidation sites excluding steroid dienone is 2. The van der Waals surface area contributed by atoms with Gasteiger partial charge >= 0.3 is 0 Å². The van der Waals surface area contributed by atoms with Crippen molar-refractivity contribution in [1.29, 1.82) is 0 Å². The lowest BCUT2D eigenvalue weighted by Gasteiger charge is -2.37. The second kappa shape index (κ2) is 11.5. The third-order valence-electron chi connectivity index (χ3n) is 13.7. The van der Waals surface area contributed by atoms with Gasteiger partial charge in [-0.25, -0.2) is 9.36 Å². The molecule has 0 saturated carbocycles. The van der Waals surface area contributed by atoms with Crippen molar-refractivity contribution in [3.8, 4) is 11.4 Å². The summed E-state index contributed by atoms with van der Waals surface area (Å²) >= 11 is 0. The number of anilines is 1. The quantitative estimate of drug-likeness (QED) is 0.191. The fraction of sp³-hybridized carbons (Fsp3) is 0.444. The minimum absolute atomic E-state index is 0.115. The van der Waals surface area contributed by atoms with Crippen molar-refractivity contribution >= 4 is 33.2 Å². The number of benzene rings is 3. The van der Waals surface area contributed by atoms with Crippen molar-refractivity contribution in [2.75, 3.05) is 5.01 Å². The molecule has 6 heteroatoms. The predicted octanol–water partition coefficient (Wildman–Crippen LogP) is 11.2. The Hall–Kier alpha value is -4.45. The molecule has 3 heterocycles. The normalized spacial score (nSPS) is 17.9. The molecule has 266 valence electrons. The van der Waals surface area contributed by atoms with Crippen LogP contribution in [-0.2, 0) is 0 Å². The van der Waals surface area contributed by atoms with Gasteiger partial charge in [0.1, 0.15) is 0 Å². The maximum atomic E-state index is 5.47. The van der Waals surface area contributed by atoms with E-state index < -0.39 is 0 Å². The van der Waals surface area contributed by atoms with E-state index in [1.165, 1.54) is 111 Å². The van der Waals surface area contributed by atoms with Crippen molar-refractivity contribution in [2.24, 2.45) is 11.0 Å². The SMILES string of the molecule is CC1=NN(c2c(C)c(-n3nc(C)c4c(C)c(C)c(C)c(C)c43)c(C)c(-n3nc(C)c4c(C)c(C)c(C)c(C)c43)c2C)C2C(C)=C(C)C(C)=C(C)C12. The Morgan fingerprint density at radius 1 is 0.392 bits per heavy atom. The zero-order valence-electron chi connectivity index (χ0n) is 34.3. The zero-order chi connectivity index (χ0) is 37.4. The van der Waals surface area contributed by atoms with E-state index in [4.69, 9.17) is 15.3 Å². The number of aryl methyl sites for hydroxylation is 6. The van der Waals surface area contributed by atoms with Crippen LogP contribution in [0.1, 0.15) is 107 Å². The van der Waals surface area contributed by atoms with Crippen LogP contribution in [-0.4, -0.2) is 31.3 Å². The van der Waals surface area contributed by atoms with Crippen LogP contribution in [0.2, 0.25) is 0 Å². The number of hydrogen-bond donors (Lipinski definition) is 0. The van der Waals surface area contributed by atoms with Crippen molar-refractivity contribution in [3.05, 3.63) is 94.9 Å². The van der Waals surface area contributed by atoms with E-state index in [1.807, 2.05) is 0 Å². The summed E-state index contributed by atoms with van der Waals surface area (Å²) in [6.07, 6.45) is 0. The summed E-state index contributed by atoms with van der Waals surface area (Å²) in [4.78, 5) is 0. The molecule has 0 fully saturated rings. The van der Waals surface area contributed by atoms with Crippen LogP contribution in [0.5, 0.6) is 0 Å². The van der Waals surface area contributed by atoms with Gasteiger partial charge in [0.2, 0.25) is 0 Å². The highest BCUT2D eigenvalue weighted by atomic mass is 15.5. The second-order valence-electron chi connectivity index (χ2n) is 16.0. The molecule has 0 bridgehead atoms. The molecule has 1 aliphatic carbocycles. The molecule has 0 amide bonds. The van der Waals surface area contributed by atoms with Gasteiger partial charge in [0.25, 0.3) is 0 Å². The highest BCUT2D eigenvalue weighted by molar-refractivity contribution is 5.97. The molecule has 2 aliphatic rings. The van der Waals surface area contributed by atoms with E-state index in [0.29, 0.717) is 0 Å². The van der Waals surface area contributed by atoms with E-state index in [1.54, 1.807) is 0 Å². The van der Waals surface area contributed by atoms with Crippen LogP contribution in [0.25, 0.3) is 33.2 Å². The maximum Gasteiger partial charge on any atom is 0.0857 e. The summed E-state index contributed by atoms with van der Waals surface area (Å²) in [6.45, 7) is 40.6. The van der Waals surface area contributed by atoms with Crippen LogP contribution in [0.4, 0.5) is 5.69 Å². The Bertz CT molecular complexity index is 2370. The molecule has 0 saturated heterocycles. The van der Waals surface area contributed by atoms with Crippen LogP contribution >= 0.6 is 0 Å². The van der Waals surface area contributed by atoms with Gasteiger partial charge in [0, 0.05) is 39.1 Å². The Kier molecular flexibility index (Phi) is 7.91. The monoisotopic (exact) mass is 680 g/mol. The molecule has 3 aromatic carbocycles. The fourth-order valence-electron chi connectivity index (χ4n) is 9.87. The number of hydrogen-bond acceptors (Lipinski definition) is 4. The summed E-state index contributed by atoms with van der Waals surface area (Å²) < 4.78 is 4.52. The summed E-state index contributed by atoms with van der Waals surface area (Å²) in [7, 11) is 0. The molecule has 5 aromatic rings. The average molecular weight is 681 g/mol. The van der Waals surface area contributed by atoms with E-state index in [9.17, 15) is 0 Å². The van der Waals surface area contributed by atoms with E-state index in [-0.39, 0.29) is 12.0 Å². The lowest BCUT2D eigenvalue weighted by Crippen LogP contribution is -2.39. The summed E-state index contributed by atoms with van der Waals surface area (Å²) in [5.41, 5.74) is 28.7. The Morgan fingerprint density at radius 3 is 1.20 bits per heavy atom. The van der Waals surface area contributed by atoms with E-state index >= 15 is 0 Å². The number of nitrogens with zero attached hydrogens (tertiary/aromatic N) is 6. The number of aromatic nitrogens is 4. The minimum atomic E-state index is 0.115. The lowest BCUT2D eigenvalue weighted by molar-refractivity contribution is 0.618.